The first-order valence-electron chi connectivity index (χ1n) is 12.3. The maximum atomic E-state index is 13.4. The molecule has 1 atom stereocenters. The Bertz CT molecular complexity index is 1070. The summed E-state index contributed by atoms with van der Waals surface area (Å²) in [6.07, 6.45) is 6.43. The second-order valence-electron chi connectivity index (χ2n) is 9.61. The Balaban J connectivity index is 1.34. The molecule has 0 bridgehead atoms. The van der Waals surface area contributed by atoms with E-state index < -0.39 is 11.5 Å². The molecular weight excluding hydrogens is 430 g/mol. The topological polar surface area (TPSA) is 96.5 Å². The van der Waals surface area contributed by atoms with Crippen molar-refractivity contribution >= 4 is 29.1 Å². The summed E-state index contributed by atoms with van der Waals surface area (Å²) in [6, 6.07) is 14.0. The molecule has 3 aliphatic rings. The van der Waals surface area contributed by atoms with E-state index in [1.807, 2.05) is 36.4 Å². The molecule has 1 spiro atoms. The van der Waals surface area contributed by atoms with Gasteiger partial charge < -0.3 is 20.7 Å². The SMILES string of the molecule is O=C(N[C@H](C(=O)Nc1ccc2c(c1)NC(=O)C21CCOCC1)C1CCCCC1)c1ccccc1. The Kier molecular flexibility index (Phi) is 6.37. The maximum absolute atomic E-state index is 13.4. The fourth-order valence-electron chi connectivity index (χ4n) is 5.62. The summed E-state index contributed by atoms with van der Waals surface area (Å²) in [4.78, 5) is 39.1. The van der Waals surface area contributed by atoms with Gasteiger partial charge in [-0.25, -0.2) is 0 Å². The molecule has 7 nitrogen and oxygen atoms in total. The van der Waals surface area contributed by atoms with Crippen molar-refractivity contribution in [3.8, 4) is 0 Å². The van der Waals surface area contributed by atoms with Crippen LogP contribution in [0, 0.1) is 5.92 Å². The molecule has 0 unspecified atom stereocenters. The van der Waals surface area contributed by atoms with Gasteiger partial charge in [0, 0.05) is 30.2 Å². The van der Waals surface area contributed by atoms with Crippen LogP contribution in [-0.4, -0.2) is 37.0 Å². The molecule has 178 valence electrons. The summed E-state index contributed by atoms with van der Waals surface area (Å²) >= 11 is 0. The van der Waals surface area contributed by atoms with E-state index in [-0.39, 0.29) is 23.6 Å². The van der Waals surface area contributed by atoms with E-state index in [0.29, 0.717) is 37.3 Å². The largest absolute Gasteiger partial charge is 0.381 e. The van der Waals surface area contributed by atoms with Gasteiger partial charge in [0.15, 0.2) is 0 Å². The van der Waals surface area contributed by atoms with E-state index in [1.54, 1.807) is 12.1 Å². The van der Waals surface area contributed by atoms with E-state index in [9.17, 15) is 14.4 Å². The number of amides is 3. The van der Waals surface area contributed by atoms with Crippen LogP contribution in [0.15, 0.2) is 48.5 Å². The number of hydrogen-bond donors (Lipinski definition) is 3. The van der Waals surface area contributed by atoms with Crippen LogP contribution < -0.4 is 16.0 Å². The van der Waals surface area contributed by atoms with E-state index in [4.69, 9.17) is 4.74 Å². The minimum absolute atomic E-state index is 0.00415. The number of hydrogen-bond acceptors (Lipinski definition) is 4. The van der Waals surface area contributed by atoms with Crippen LogP contribution in [0.25, 0.3) is 0 Å². The van der Waals surface area contributed by atoms with Crippen molar-refractivity contribution in [2.45, 2.75) is 56.4 Å². The van der Waals surface area contributed by atoms with Gasteiger partial charge in [-0.3, -0.25) is 14.4 Å². The molecule has 1 aliphatic carbocycles. The van der Waals surface area contributed by atoms with Gasteiger partial charge in [-0.05, 0) is 61.4 Å². The van der Waals surface area contributed by atoms with E-state index in [1.165, 1.54) is 0 Å². The van der Waals surface area contributed by atoms with Gasteiger partial charge in [0.05, 0.1) is 5.41 Å². The minimum Gasteiger partial charge on any atom is -0.381 e. The highest BCUT2D eigenvalue weighted by molar-refractivity contribution is 6.07. The van der Waals surface area contributed by atoms with Gasteiger partial charge >= 0.3 is 0 Å². The maximum Gasteiger partial charge on any atom is 0.251 e. The highest BCUT2D eigenvalue weighted by Crippen LogP contribution is 2.45. The number of anilines is 2. The van der Waals surface area contributed by atoms with Crippen molar-refractivity contribution in [1.82, 2.24) is 5.32 Å². The van der Waals surface area contributed by atoms with Crippen LogP contribution in [0.4, 0.5) is 11.4 Å². The van der Waals surface area contributed by atoms with Crippen molar-refractivity contribution < 1.29 is 19.1 Å². The summed E-state index contributed by atoms with van der Waals surface area (Å²) in [5, 5.41) is 9.00. The minimum atomic E-state index is -0.613. The Morgan fingerprint density at radius 1 is 1.00 bits per heavy atom. The fraction of sp³-hybridized carbons (Fsp3) is 0.444. The molecule has 2 aliphatic heterocycles. The summed E-state index contributed by atoms with van der Waals surface area (Å²) in [5.41, 5.74) is 2.33. The second-order valence-corrected chi connectivity index (χ2v) is 9.61. The number of nitrogens with one attached hydrogen (secondary N) is 3. The van der Waals surface area contributed by atoms with Crippen LogP contribution in [0.5, 0.6) is 0 Å². The van der Waals surface area contributed by atoms with Gasteiger partial charge in [-0.2, -0.15) is 0 Å². The third kappa shape index (κ3) is 4.32. The Morgan fingerprint density at radius 2 is 1.74 bits per heavy atom. The summed E-state index contributed by atoms with van der Waals surface area (Å²) < 4.78 is 5.47. The summed E-state index contributed by atoms with van der Waals surface area (Å²) in [5.74, 6) is -0.360. The predicted molar refractivity (Wildman–Crippen MR) is 130 cm³/mol. The molecule has 3 amide bonds. The van der Waals surface area contributed by atoms with Gasteiger partial charge in [-0.1, -0.05) is 43.5 Å². The average Bonchev–Trinajstić information content (AvgIpc) is 3.13. The Morgan fingerprint density at radius 3 is 2.47 bits per heavy atom. The zero-order chi connectivity index (χ0) is 23.5. The molecule has 1 saturated carbocycles. The van der Waals surface area contributed by atoms with Gasteiger partial charge in [0.2, 0.25) is 11.8 Å². The van der Waals surface area contributed by atoms with Crippen LogP contribution in [-0.2, 0) is 19.7 Å². The molecule has 2 heterocycles. The number of benzene rings is 2. The van der Waals surface area contributed by atoms with Crippen molar-refractivity contribution in [3.63, 3.8) is 0 Å². The van der Waals surface area contributed by atoms with Crippen LogP contribution in [0.3, 0.4) is 0 Å². The first-order chi connectivity index (χ1) is 16.6. The molecule has 2 aromatic rings. The van der Waals surface area contributed by atoms with Crippen molar-refractivity contribution in [1.29, 1.82) is 0 Å². The first-order valence-corrected chi connectivity index (χ1v) is 12.3. The molecule has 7 heteroatoms. The average molecular weight is 462 g/mol. The monoisotopic (exact) mass is 461 g/mol. The number of fused-ring (bicyclic) bond motifs is 2. The quantitative estimate of drug-likeness (QED) is 0.627. The normalized spacial score (nSPS) is 20.3. The summed E-state index contributed by atoms with van der Waals surface area (Å²) in [6.45, 7) is 1.13. The third-order valence-electron chi connectivity index (χ3n) is 7.56. The van der Waals surface area contributed by atoms with Crippen molar-refractivity contribution in [2.75, 3.05) is 23.8 Å². The molecule has 2 fully saturated rings. The Labute approximate surface area is 199 Å². The van der Waals surface area contributed by atoms with Gasteiger partial charge in [0.25, 0.3) is 5.91 Å². The number of rotatable bonds is 5. The van der Waals surface area contributed by atoms with Crippen LogP contribution in [0.1, 0.15) is 60.9 Å². The molecule has 0 aromatic heterocycles. The lowest BCUT2D eigenvalue weighted by Gasteiger charge is -2.31. The molecule has 0 radical (unpaired) electrons. The first kappa shape index (κ1) is 22.6. The van der Waals surface area contributed by atoms with E-state index in [2.05, 4.69) is 16.0 Å². The predicted octanol–water partition coefficient (Wildman–Crippen LogP) is 4.00. The van der Waals surface area contributed by atoms with Gasteiger partial charge in [-0.15, -0.1) is 0 Å². The number of carbonyl (C=O) groups is 3. The lowest BCUT2D eigenvalue weighted by atomic mass is 9.75. The zero-order valence-electron chi connectivity index (χ0n) is 19.3. The number of ether oxygens (including phenoxy) is 1. The molecule has 34 heavy (non-hydrogen) atoms. The molecule has 1 saturated heterocycles. The highest BCUT2D eigenvalue weighted by Gasteiger charge is 2.47. The van der Waals surface area contributed by atoms with Crippen molar-refractivity contribution in [2.24, 2.45) is 5.92 Å². The zero-order valence-corrected chi connectivity index (χ0v) is 19.3. The summed E-state index contributed by atoms with van der Waals surface area (Å²) in [7, 11) is 0. The lowest BCUT2D eigenvalue weighted by molar-refractivity contribution is -0.124. The molecular formula is C27H31N3O4. The highest BCUT2D eigenvalue weighted by atomic mass is 16.5. The smallest absolute Gasteiger partial charge is 0.251 e. The lowest BCUT2D eigenvalue weighted by Crippen LogP contribution is -2.49. The van der Waals surface area contributed by atoms with Crippen LogP contribution in [0.2, 0.25) is 0 Å². The fourth-order valence-corrected chi connectivity index (χ4v) is 5.62. The third-order valence-corrected chi connectivity index (χ3v) is 7.56. The van der Waals surface area contributed by atoms with Gasteiger partial charge in [0.1, 0.15) is 6.04 Å². The van der Waals surface area contributed by atoms with Crippen molar-refractivity contribution in [3.05, 3.63) is 59.7 Å². The number of carbonyl (C=O) groups excluding carboxylic acids is 3. The molecule has 5 rings (SSSR count). The second kappa shape index (κ2) is 9.58. The Hall–Kier alpha value is -3.19. The van der Waals surface area contributed by atoms with E-state index >= 15 is 0 Å². The van der Waals surface area contributed by atoms with Crippen LogP contribution >= 0.6 is 0 Å². The van der Waals surface area contributed by atoms with E-state index in [0.717, 1.165) is 43.4 Å². The molecule has 3 N–H and O–H groups in total. The standard InChI is InChI=1S/C27H31N3O4/c31-24(19-9-5-2-6-10-19)30-23(18-7-3-1-4-8-18)25(32)28-20-11-12-21-22(17-20)29-26(33)27(21)13-15-34-16-14-27/h2,5-6,9-12,17-18,23H,1,3-4,7-8,13-16H2,(H,28,32)(H,29,33)(H,30,31)/t23-/m0/s1. The molecule has 2 aromatic carbocycles.